The molecule has 3 rings (SSSR count). The number of rotatable bonds is 3. The van der Waals surface area contributed by atoms with Gasteiger partial charge in [-0.15, -0.1) is 0 Å². The van der Waals surface area contributed by atoms with Crippen molar-refractivity contribution in [3.63, 3.8) is 0 Å². The minimum absolute atomic E-state index is 0.488. The molecule has 6 heteroatoms. The second-order valence-corrected chi connectivity index (χ2v) is 4.21. The summed E-state index contributed by atoms with van der Waals surface area (Å²) in [5.74, 6) is 1.78. The van der Waals surface area contributed by atoms with Gasteiger partial charge in [0.1, 0.15) is 11.5 Å². The number of pyridine rings is 1. The van der Waals surface area contributed by atoms with E-state index in [-0.39, 0.29) is 0 Å². The predicted octanol–water partition coefficient (Wildman–Crippen LogP) is 2.33. The molecule has 0 aromatic carbocycles. The van der Waals surface area contributed by atoms with Crippen molar-refractivity contribution in [1.82, 2.24) is 20.3 Å². The molecule has 3 aromatic heterocycles. The van der Waals surface area contributed by atoms with Gasteiger partial charge in [-0.05, 0) is 26.0 Å². The molecule has 0 aliphatic carbocycles. The summed E-state index contributed by atoms with van der Waals surface area (Å²) in [4.78, 5) is 8.51. The van der Waals surface area contributed by atoms with Crippen LogP contribution in [0.4, 0.5) is 0 Å². The van der Waals surface area contributed by atoms with Crippen molar-refractivity contribution in [2.75, 3.05) is 0 Å². The maximum Gasteiger partial charge on any atom is 0.231 e. The van der Waals surface area contributed by atoms with Crippen LogP contribution < -0.4 is 0 Å². The Morgan fingerprint density at radius 3 is 2.68 bits per heavy atom. The van der Waals surface area contributed by atoms with Gasteiger partial charge in [0.25, 0.3) is 0 Å². The van der Waals surface area contributed by atoms with E-state index in [0.29, 0.717) is 23.8 Å². The van der Waals surface area contributed by atoms with Crippen LogP contribution in [0.1, 0.15) is 22.9 Å². The Hall–Kier alpha value is -2.50. The van der Waals surface area contributed by atoms with Gasteiger partial charge < -0.3 is 9.05 Å². The summed E-state index contributed by atoms with van der Waals surface area (Å²) in [6.45, 7) is 3.76. The fourth-order valence-electron chi connectivity index (χ4n) is 1.83. The molecule has 0 amide bonds. The molecular weight excluding hydrogens is 244 g/mol. The molecule has 0 saturated carbocycles. The lowest BCUT2D eigenvalue weighted by Crippen LogP contribution is -1.92. The van der Waals surface area contributed by atoms with E-state index in [4.69, 9.17) is 9.05 Å². The Labute approximate surface area is 109 Å². The fraction of sp³-hybridized carbons (Fsp3) is 0.231. The van der Waals surface area contributed by atoms with Crippen LogP contribution in [0, 0.1) is 13.8 Å². The SMILES string of the molecule is Cc1noc(C)c1Cc1nc(-c2ccccn2)no1. The van der Waals surface area contributed by atoms with E-state index < -0.39 is 0 Å². The van der Waals surface area contributed by atoms with Crippen LogP contribution in [0.5, 0.6) is 0 Å². The fourth-order valence-corrected chi connectivity index (χ4v) is 1.83. The molecule has 0 fully saturated rings. The normalized spacial score (nSPS) is 10.8. The quantitative estimate of drug-likeness (QED) is 0.715. The van der Waals surface area contributed by atoms with Crippen LogP contribution in [0.3, 0.4) is 0 Å². The zero-order valence-corrected chi connectivity index (χ0v) is 10.6. The number of aryl methyl sites for hydroxylation is 2. The second kappa shape index (κ2) is 4.64. The van der Waals surface area contributed by atoms with Gasteiger partial charge in [-0.2, -0.15) is 4.98 Å². The van der Waals surface area contributed by atoms with Crippen molar-refractivity contribution in [1.29, 1.82) is 0 Å². The minimum atomic E-state index is 0.488. The number of nitrogens with zero attached hydrogens (tertiary/aromatic N) is 4. The molecule has 0 N–H and O–H groups in total. The van der Waals surface area contributed by atoms with Crippen molar-refractivity contribution in [3.05, 3.63) is 47.3 Å². The van der Waals surface area contributed by atoms with Crippen LogP contribution in [0.2, 0.25) is 0 Å². The lowest BCUT2D eigenvalue weighted by Gasteiger charge is -1.93. The summed E-state index contributed by atoms with van der Waals surface area (Å²) in [6, 6.07) is 5.56. The number of aromatic nitrogens is 4. The Bertz CT molecular complexity index is 668. The van der Waals surface area contributed by atoms with Gasteiger partial charge >= 0.3 is 0 Å². The average Bonchev–Trinajstić information content (AvgIpc) is 3.02. The molecule has 0 radical (unpaired) electrons. The highest BCUT2D eigenvalue weighted by atomic mass is 16.5. The number of hydrogen-bond acceptors (Lipinski definition) is 6. The first-order valence-corrected chi connectivity index (χ1v) is 5.90. The standard InChI is InChI=1S/C13H12N4O2/c1-8-10(9(2)18-16-8)7-12-15-13(17-19-12)11-5-3-4-6-14-11/h3-6H,7H2,1-2H3. The van der Waals surface area contributed by atoms with E-state index >= 15 is 0 Å². The monoisotopic (exact) mass is 256 g/mol. The van der Waals surface area contributed by atoms with Gasteiger partial charge in [0.2, 0.25) is 11.7 Å². The Morgan fingerprint density at radius 1 is 1.11 bits per heavy atom. The average molecular weight is 256 g/mol. The van der Waals surface area contributed by atoms with E-state index in [2.05, 4.69) is 20.3 Å². The Morgan fingerprint density at radius 2 is 2.00 bits per heavy atom. The van der Waals surface area contributed by atoms with Gasteiger partial charge in [-0.1, -0.05) is 16.4 Å². The largest absolute Gasteiger partial charge is 0.361 e. The second-order valence-electron chi connectivity index (χ2n) is 4.21. The molecule has 0 bridgehead atoms. The zero-order chi connectivity index (χ0) is 13.2. The third-order valence-electron chi connectivity index (χ3n) is 2.87. The summed E-state index contributed by atoms with van der Waals surface area (Å²) in [5.41, 5.74) is 2.52. The molecule has 3 heterocycles. The zero-order valence-electron chi connectivity index (χ0n) is 10.6. The van der Waals surface area contributed by atoms with Crippen LogP contribution in [-0.4, -0.2) is 20.3 Å². The first-order valence-electron chi connectivity index (χ1n) is 5.90. The molecule has 0 aliphatic rings. The van der Waals surface area contributed by atoms with Crippen molar-refractivity contribution >= 4 is 0 Å². The van der Waals surface area contributed by atoms with E-state index in [1.54, 1.807) is 6.20 Å². The van der Waals surface area contributed by atoms with E-state index in [1.165, 1.54) is 0 Å². The van der Waals surface area contributed by atoms with E-state index in [9.17, 15) is 0 Å². The third-order valence-corrected chi connectivity index (χ3v) is 2.87. The topological polar surface area (TPSA) is 77.8 Å². The Balaban J connectivity index is 1.87. The summed E-state index contributed by atoms with van der Waals surface area (Å²) in [7, 11) is 0. The molecule has 19 heavy (non-hydrogen) atoms. The predicted molar refractivity (Wildman–Crippen MR) is 66.3 cm³/mol. The molecule has 0 unspecified atom stereocenters. The van der Waals surface area contributed by atoms with Crippen molar-refractivity contribution < 1.29 is 9.05 Å². The summed E-state index contributed by atoms with van der Waals surface area (Å²) in [6.07, 6.45) is 2.21. The van der Waals surface area contributed by atoms with E-state index in [1.807, 2.05) is 32.0 Å². The maximum absolute atomic E-state index is 5.23. The Kier molecular flexibility index (Phi) is 2.83. The van der Waals surface area contributed by atoms with Crippen molar-refractivity contribution in [3.8, 4) is 11.5 Å². The molecule has 3 aromatic rings. The third kappa shape index (κ3) is 2.24. The van der Waals surface area contributed by atoms with Crippen LogP contribution in [0.15, 0.2) is 33.4 Å². The van der Waals surface area contributed by atoms with Crippen LogP contribution in [0.25, 0.3) is 11.5 Å². The molecule has 0 aliphatic heterocycles. The van der Waals surface area contributed by atoms with Gasteiger partial charge in [0, 0.05) is 11.8 Å². The maximum atomic E-state index is 5.23. The van der Waals surface area contributed by atoms with E-state index in [0.717, 1.165) is 17.0 Å². The van der Waals surface area contributed by atoms with Gasteiger partial charge in [-0.3, -0.25) is 4.98 Å². The first kappa shape index (κ1) is 11.6. The first-order chi connectivity index (χ1) is 9.24. The smallest absolute Gasteiger partial charge is 0.231 e. The lowest BCUT2D eigenvalue weighted by molar-refractivity contribution is 0.381. The van der Waals surface area contributed by atoms with Crippen molar-refractivity contribution in [2.24, 2.45) is 0 Å². The highest BCUT2D eigenvalue weighted by molar-refractivity contribution is 5.47. The molecule has 0 atom stereocenters. The summed E-state index contributed by atoms with van der Waals surface area (Å²) in [5, 5.41) is 7.83. The summed E-state index contributed by atoms with van der Waals surface area (Å²) >= 11 is 0. The molecule has 6 nitrogen and oxygen atoms in total. The highest BCUT2D eigenvalue weighted by Crippen LogP contribution is 2.18. The van der Waals surface area contributed by atoms with Gasteiger partial charge in [-0.25, -0.2) is 0 Å². The minimum Gasteiger partial charge on any atom is -0.361 e. The van der Waals surface area contributed by atoms with Gasteiger partial charge in [0.15, 0.2) is 0 Å². The molecular formula is C13H12N4O2. The van der Waals surface area contributed by atoms with Crippen LogP contribution in [-0.2, 0) is 6.42 Å². The molecule has 0 saturated heterocycles. The summed E-state index contributed by atoms with van der Waals surface area (Å²) < 4.78 is 10.3. The van der Waals surface area contributed by atoms with Crippen molar-refractivity contribution in [2.45, 2.75) is 20.3 Å². The molecule has 96 valence electrons. The van der Waals surface area contributed by atoms with Gasteiger partial charge in [0.05, 0.1) is 12.1 Å². The van der Waals surface area contributed by atoms with Crippen LogP contribution >= 0.6 is 0 Å². The lowest BCUT2D eigenvalue weighted by atomic mass is 10.1. The highest BCUT2D eigenvalue weighted by Gasteiger charge is 2.15. The molecule has 0 spiro atoms. The number of hydrogen-bond donors (Lipinski definition) is 0.